The fourth-order valence-electron chi connectivity index (χ4n) is 4.40. The van der Waals surface area contributed by atoms with Gasteiger partial charge in [-0.25, -0.2) is 17.7 Å². The molecule has 1 aliphatic carbocycles. The maximum Gasteiger partial charge on any atom is 0.229 e. The monoisotopic (exact) mass is 453 g/mol. The minimum absolute atomic E-state index is 0.218. The molecule has 2 aromatic heterocycles. The summed E-state index contributed by atoms with van der Waals surface area (Å²) in [5.74, 6) is 2.31. The summed E-state index contributed by atoms with van der Waals surface area (Å²) < 4.78 is 27.1. The van der Waals surface area contributed by atoms with Crippen LogP contribution in [0.2, 0.25) is 5.02 Å². The Hall–Kier alpha value is -1.91. The molecule has 2 N–H and O–H groups in total. The Balaban J connectivity index is 1.38. The van der Waals surface area contributed by atoms with Gasteiger partial charge in [-0.2, -0.15) is 10.1 Å². The lowest BCUT2D eigenvalue weighted by atomic mass is 10.0. The molecule has 9 nitrogen and oxygen atoms in total. The highest BCUT2D eigenvalue weighted by molar-refractivity contribution is 7.88. The number of nitrogens with zero attached hydrogens (tertiary/aromatic N) is 5. The molecular formula is C19H28ClN7O2S. The molecule has 164 valence electrons. The molecule has 0 radical (unpaired) electrons. The van der Waals surface area contributed by atoms with E-state index < -0.39 is 10.0 Å². The molecule has 1 saturated heterocycles. The second kappa shape index (κ2) is 8.32. The van der Waals surface area contributed by atoms with Gasteiger partial charge in [0.05, 0.1) is 24.3 Å². The zero-order chi connectivity index (χ0) is 21.5. The van der Waals surface area contributed by atoms with E-state index in [1.165, 1.54) is 6.26 Å². The van der Waals surface area contributed by atoms with Gasteiger partial charge in [-0.1, -0.05) is 25.4 Å². The summed E-state index contributed by atoms with van der Waals surface area (Å²) in [7, 11) is -3.11. The van der Waals surface area contributed by atoms with E-state index >= 15 is 0 Å². The van der Waals surface area contributed by atoms with Crippen molar-refractivity contribution in [2.75, 3.05) is 30.0 Å². The van der Waals surface area contributed by atoms with Crippen LogP contribution in [0.4, 0.5) is 17.5 Å². The molecule has 1 saturated carbocycles. The van der Waals surface area contributed by atoms with Gasteiger partial charge in [0.1, 0.15) is 5.02 Å². The number of nitrogens with one attached hydrogen (secondary N) is 2. The molecule has 2 unspecified atom stereocenters. The zero-order valence-electron chi connectivity index (χ0n) is 17.4. The second-order valence-corrected chi connectivity index (χ2v) is 11.2. The third-order valence-corrected chi connectivity index (χ3v) is 7.23. The van der Waals surface area contributed by atoms with Gasteiger partial charge in [-0.05, 0) is 30.6 Å². The summed E-state index contributed by atoms with van der Waals surface area (Å²) in [5, 5.41) is 11.4. The van der Waals surface area contributed by atoms with Crippen molar-refractivity contribution in [1.29, 1.82) is 0 Å². The molecule has 3 heterocycles. The Kier molecular flexibility index (Phi) is 5.91. The molecular weight excluding hydrogens is 426 g/mol. The zero-order valence-corrected chi connectivity index (χ0v) is 19.0. The number of hydrogen-bond acceptors (Lipinski definition) is 7. The Bertz CT molecular complexity index is 996. The van der Waals surface area contributed by atoms with Crippen LogP contribution in [0.1, 0.15) is 26.7 Å². The van der Waals surface area contributed by atoms with Gasteiger partial charge in [0.25, 0.3) is 0 Å². The number of hydrogen-bond donors (Lipinski definition) is 2. The van der Waals surface area contributed by atoms with Crippen LogP contribution < -0.4 is 10.6 Å². The molecule has 2 aliphatic rings. The van der Waals surface area contributed by atoms with Gasteiger partial charge in [0, 0.05) is 31.9 Å². The van der Waals surface area contributed by atoms with E-state index in [2.05, 4.69) is 39.5 Å². The highest BCUT2D eigenvalue weighted by atomic mass is 35.5. The van der Waals surface area contributed by atoms with Crippen LogP contribution in [-0.4, -0.2) is 57.9 Å². The Morgan fingerprint density at radius 3 is 2.57 bits per heavy atom. The average molecular weight is 454 g/mol. The van der Waals surface area contributed by atoms with Gasteiger partial charge in [0.15, 0.2) is 5.82 Å². The van der Waals surface area contributed by atoms with Gasteiger partial charge < -0.3 is 10.6 Å². The van der Waals surface area contributed by atoms with Gasteiger partial charge in [0.2, 0.25) is 16.0 Å². The molecule has 4 rings (SSSR count). The molecule has 1 aliphatic heterocycles. The van der Waals surface area contributed by atoms with E-state index in [4.69, 9.17) is 11.6 Å². The standard InChI is InChI=1S/C19H28ClN7O2S/c1-12(2)8-26-11-16(6-22-26)24-19-21-7-17(20)18(25-19)23-15-4-13-9-27(30(3,28)29)10-14(13)5-15/h6-7,11-15H,4-5,8-10H2,1-3H3,(H2,21,23,24,25). The number of aromatic nitrogens is 4. The number of anilines is 3. The number of sulfonamides is 1. The minimum Gasteiger partial charge on any atom is -0.366 e. The largest absolute Gasteiger partial charge is 0.366 e. The van der Waals surface area contributed by atoms with E-state index in [1.54, 1.807) is 16.7 Å². The van der Waals surface area contributed by atoms with Crippen molar-refractivity contribution in [2.24, 2.45) is 17.8 Å². The highest BCUT2D eigenvalue weighted by Crippen LogP contribution is 2.40. The Labute approximate surface area is 182 Å². The van der Waals surface area contributed by atoms with E-state index in [-0.39, 0.29) is 6.04 Å². The maximum absolute atomic E-state index is 11.8. The van der Waals surface area contributed by atoms with Gasteiger partial charge >= 0.3 is 0 Å². The Morgan fingerprint density at radius 1 is 1.23 bits per heavy atom. The molecule has 0 aromatic carbocycles. The molecule has 2 atom stereocenters. The van der Waals surface area contributed by atoms with Crippen LogP contribution in [0.3, 0.4) is 0 Å². The molecule has 11 heteroatoms. The summed E-state index contributed by atoms with van der Waals surface area (Å²) in [6.07, 6.45) is 8.35. The molecule has 2 aromatic rings. The number of halogens is 1. The lowest BCUT2D eigenvalue weighted by molar-refractivity contribution is 0.444. The lowest BCUT2D eigenvalue weighted by Gasteiger charge is -2.19. The SMILES string of the molecule is CC(C)Cn1cc(Nc2ncc(Cl)c(NC3CC4CN(S(C)(=O)=O)CC4C3)n2)cn1. The van der Waals surface area contributed by atoms with Gasteiger partial charge in [-0.3, -0.25) is 4.68 Å². The summed E-state index contributed by atoms with van der Waals surface area (Å²) >= 11 is 6.32. The highest BCUT2D eigenvalue weighted by Gasteiger charge is 2.43. The number of fused-ring (bicyclic) bond motifs is 1. The molecule has 0 bridgehead atoms. The first kappa shape index (κ1) is 21.3. The summed E-state index contributed by atoms with van der Waals surface area (Å²) in [5.41, 5.74) is 0.820. The lowest BCUT2D eigenvalue weighted by Crippen LogP contribution is -2.30. The first-order chi connectivity index (χ1) is 14.2. The quantitative estimate of drug-likeness (QED) is 0.664. The smallest absolute Gasteiger partial charge is 0.229 e. The number of rotatable bonds is 7. The van der Waals surface area contributed by atoms with E-state index in [0.717, 1.165) is 25.1 Å². The van der Waals surface area contributed by atoms with Crippen LogP contribution >= 0.6 is 11.6 Å². The predicted molar refractivity (Wildman–Crippen MR) is 117 cm³/mol. The van der Waals surface area contributed by atoms with Crippen molar-refractivity contribution in [3.63, 3.8) is 0 Å². The summed E-state index contributed by atoms with van der Waals surface area (Å²) in [4.78, 5) is 8.81. The predicted octanol–water partition coefficient (Wildman–Crippen LogP) is 2.81. The van der Waals surface area contributed by atoms with Crippen molar-refractivity contribution < 1.29 is 8.42 Å². The third-order valence-electron chi connectivity index (χ3n) is 5.71. The van der Waals surface area contributed by atoms with Crippen molar-refractivity contribution in [2.45, 2.75) is 39.3 Å². The second-order valence-electron chi connectivity index (χ2n) is 8.77. The molecule has 2 fully saturated rings. The fourth-order valence-corrected chi connectivity index (χ4v) is 5.47. The van der Waals surface area contributed by atoms with Crippen LogP contribution in [0.5, 0.6) is 0 Å². The van der Waals surface area contributed by atoms with Crippen LogP contribution in [0.15, 0.2) is 18.6 Å². The maximum atomic E-state index is 11.8. The van der Waals surface area contributed by atoms with Crippen molar-refractivity contribution in [1.82, 2.24) is 24.1 Å². The molecule has 0 spiro atoms. The summed E-state index contributed by atoms with van der Waals surface area (Å²) in [6, 6.07) is 0.218. The first-order valence-corrected chi connectivity index (χ1v) is 12.4. The normalized spacial score (nSPS) is 24.4. The van der Waals surface area contributed by atoms with Crippen molar-refractivity contribution >= 4 is 39.1 Å². The minimum atomic E-state index is -3.11. The molecule has 0 amide bonds. The first-order valence-electron chi connectivity index (χ1n) is 10.2. The fraction of sp³-hybridized carbons (Fsp3) is 0.632. The average Bonchev–Trinajstić information content (AvgIpc) is 3.32. The van der Waals surface area contributed by atoms with Crippen LogP contribution in [0.25, 0.3) is 0 Å². The van der Waals surface area contributed by atoms with E-state index in [9.17, 15) is 8.42 Å². The van der Waals surface area contributed by atoms with Crippen LogP contribution in [-0.2, 0) is 16.6 Å². The molecule has 30 heavy (non-hydrogen) atoms. The van der Waals surface area contributed by atoms with Crippen molar-refractivity contribution in [3.05, 3.63) is 23.6 Å². The topological polar surface area (TPSA) is 105 Å². The Morgan fingerprint density at radius 2 is 1.93 bits per heavy atom. The van der Waals surface area contributed by atoms with E-state index in [1.807, 2.05) is 10.9 Å². The summed E-state index contributed by atoms with van der Waals surface area (Å²) in [6.45, 7) is 6.34. The third kappa shape index (κ3) is 4.87. The van der Waals surface area contributed by atoms with Crippen LogP contribution in [0, 0.1) is 17.8 Å². The van der Waals surface area contributed by atoms with E-state index in [0.29, 0.717) is 47.6 Å². The van der Waals surface area contributed by atoms with Gasteiger partial charge in [-0.15, -0.1) is 0 Å². The van der Waals surface area contributed by atoms with Crippen molar-refractivity contribution in [3.8, 4) is 0 Å².